The van der Waals surface area contributed by atoms with Crippen molar-refractivity contribution in [2.75, 3.05) is 13.2 Å². The topological polar surface area (TPSA) is 53.3 Å². The van der Waals surface area contributed by atoms with Crippen LogP contribution in [0.3, 0.4) is 0 Å². The van der Waals surface area contributed by atoms with E-state index in [0.29, 0.717) is 29.4 Å². The second-order valence-corrected chi connectivity index (χ2v) is 5.86. The van der Waals surface area contributed by atoms with Crippen molar-refractivity contribution in [2.24, 2.45) is 0 Å². The molecule has 0 aliphatic rings. The molecule has 2 aromatic carbocycles. The number of carbonyl (C=O) groups is 1. The SMILES string of the molecule is C=CCN(Cc1ccc(C#N)cc1)C(=O)CCOc1cccc(Cl)c1. The van der Waals surface area contributed by atoms with Crippen molar-refractivity contribution in [3.63, 3.8) is 0 Å². The fourth-order valence-corrected chi connectivity index (χ4v) is 2.47. The molecule has 0 saturated heterocycles. The van der Waals surface area contributed by atoms with E-state index in [9.17, 15) is 4.79 Å². The molecule has 128 valence electrons. The summed E-state index contributed by atoms with van der Waals surface area (Å²) in [4.78, 5) is 14.1. The predicted octanol–water partition coefficient (Wildman–Crippen LogP) is 4.20. The third-order valence-corrected chi connectivity index (χ3v) is 3.77. The molecule has 0 saturated carbocycles. The first-order valence-electron chi connectivity index (χ1n) is 7.88. The molecule has 0 aliphatic heterocycles. The van der Waals surface area contributed by atoms with Gasteiger partial charge in [0.1, 0.15) is 5.75 Å². The molecule has 1 amide bonds. The number of amides is 1. The van der Waals surface area contributed by atoms with E-state index >= 15 is 0 Å². The normalized spacial score (nSPS) is 9.92. The Balaban J connectivity index is 1.90. The van der Waals surface area contributed by atoms with Crippen molar-refractivity contribution >= 4 is 17.5 Å². The number of nitrogens with zero attached hydrogens (tertiary/aromatic N) is 2. The van der Waals surface area contributed by atoms with Crippen LogP contribution >= 0.6 is 11.6 Å². The van der Waals surface area contributed by atoms with Crippen LogP contribution in [0.4, 0.5) is 0 Å². The van der Waals surface area contributed by atoms with Gasteiger partial charge in [-0.15, -0.1) is 6.58 Å². The predicted molar refractivity (Wildman–Crippen MR) is 98.3 cm³/mol. The maximum Gasteiger partial charge on any atom is 0.226 e. The fraction of sp³-hybridized carbons (Fsp3) is 0.200. The minimum absolute atomic E-state index is 0.0220. The van der Waals surface area contributed by atoms with Crippen molar-refractivity contribution in [3.8, 4) is 11.8 Å². The van der Waals surface area contributed by atoms with E-state index in [4.69, 9.17) is 21.6 Å². The highest BCUT2D eigenvalue weighted by Gasteiger charge is 2.13. The van der Waals surface area contributed by atoms with Crippen LogP contribution in [0.2, 0.25) is 5.02 Å². The first-order chi connectivity index (χ1) is 12.1. The number of benzene rings is 2. The number of hydrogen-bond donors (Lipinski definition) is 0. The molecule has 0 radical (unpaired) electrons. The summed E-state index contributed by atoms with van der Waals surface area (Å²) in [7, 11) is 0. The summed E-state index contributed by atoms with van der Waals surface area (Å²) in [6.45, 7) is 4.90. The Bertz CT molecular complexity index is 766. The molecule has 0 heterocycles. The smallest absolute Gasteiger partial charge is 0.226 e. The van der Waals surface area contributed by atoms with Gasteiger partial charge in [-0.05, 0) is 35.9 Å². The van der Waals surface area contributed by atoms with Crippen LogP contribution in [0.1, 0.15) is 17.5 Å². The van der Waals surface area contributed by atoms with Gasteiger partial charge >= 0.3 is 0 Å². The van der Waals surface area contributed by atoms with Crippen LogP contribution in [0.5, 0.6) is 5.75 Å². The van der Waals surface area contributed by atoms with Crippen LogP contribution in [0, 0.1) is 11.3 Å². The van der Waals surface area contributed by atoms with Crippen molar-refractivity contribution in [1.82, 2.24) is 4.90 Å². The van der Waals surface area contributed by atoms with Gasteiger partial charge in [0.2, 0.25) is 5.91 Å². The van der Waals surface area contributed by atoms with E-state index in [1.54, 1.807) is 47.4 Å². The van der Waals surface area contributed by atoms with Crippen molar-refractivity contribution in [3.05, 3.63) is 77.3 Å². The van der Waals surface area contributed by atoms with Crippen LogP contribution in [0.15, 0.2) is 61.2 Å². The monoisotopic (exact) mass is 354 g/mol. The molecule has 0 aromatic heterocycles. The average Bonchev–Trinajstić information content (AvgIpc) is 2.62. The van der Waals surface area contributed by atoms with Gasteiger partial charge < -0.3 is 9.64 Å². The van der Waals surface area contributed by atoms with Gasteiger partial charge in [-0.25, -0.2) is 0 Å². The van der Waals surface area contributed by atoms with Crippen molar-refractivity contribution in [1.29, 1.82) is 5.26 Å². The lowest BCUT2D eigenvalue weighted by atomic mass is 10.1. The van der Waals surface area contributed by atoms with Crippen LogP contribution in [-0.2, 0) is 11.3 Å². The fourth-order valence-electron chi connectivity index (χ4n) is 2.29. The van der Waals surface area contributed by atoms with E-state index in [1.165, 1.54) is 0 Å². The number of ether oxygens (including phenoxy) is 1. The maximum absolute atomic E-state index is 12.4. The minimum atomic E-state index is -0.0220. The third-order valence-electron chi connectivity index (χ3n) is 3.54. The van der Waals surface area contributed by atoms with E-state index in [1.807, 2.05) is 12.1 Å². The lowest BCUT2D eigenvalue weighted by molar-refractivity contribution is -0.131. The zero-order valence-corrected chi connectivity index (χ0v) is 14.6. The van der Waals surface area contributed by atoms with Gasteiger partial charge in [0, 0.05) is 18.1 Å². The van der Waals surface area contributed by atoms with Crippen molar-refractivity contribution in [2.45, 2.75) is 13.0 Å². The summed E-state index contributed by atoms with van der Waals surface area (Å²) in [5.74, 6) is 0.619. The van der Waals surface area contributed by atoms with Crippen LogP contribution < -0.4 is 4.74 Å². The Hall–Kier alpha value is -2.77. The summed E-state index contributed by atoms with van der Waals surface area (Å²) in [5.41, 5.74) is 1.56. The van der Waals surface area contributed by atoms with E-state index in [-0.39, 0.29) is 18.9 Å². The highest BCUT2D eigenvalue weighted by atomic mass is 35.5. The van der Waals surface area contributed by atoms with Gasteiger partial charge in [-0.1, -0.05) is 35.9 Å². The first-order valence-corrected chi connectivity index (χ1v) is 8.26. The Kier molecular flexibility index (Phi) is 7.06. The average molecular weight is 355 g/mol. The quantitative estimate of drug-likeness (QED) is 0.668. The molecule has 0 unspecified atom stereocenters. The first kappa shape index (κ1) is 18.6. The second-order valence-electron chi connectivity index (χ2n) is 5.43. The van der Waals surface area contributed by atoms with E-state index < -0.39 is 0 Å². The highest BCUT2D eigenvalue weighted by Crippen LogP contribution is 2.17. The van der Waals surface area contributed by atoms with Gasteiger partial charge in [0.05, 0.1) is 24.7 Å². The molecule has 2 rings (SSSR count). The summed E-state index contributed by atoms with van der Waals surface area (Å²) in [5, 5.41) is 9.44. The molecule has 5 heteroatoms. The Morgan fingerprint density at radius 2 is 2.04 bits per heavy atom. The van der Waals surface area contributed by atoms with Crippen LogP contribution in [-0.4, -0.2) is 24.0 Å². The number of carbonyl (C=O) groups excluding carboxylic acids is 1. The molecular formula is C20H19ClN2O2. The molecule has 0 atom stereocenters. The zero-order chi connectivity index (χ0) is 18.1. The lowest BCUT2D eigenvalue weighted by Crippen LogP contribution is -2.31. The number of halogens is 1. The summed E-state index contributed by atoms with van der Waals surface area (Å²) < 4.78 is 5.57. The van der Waals surface area contributed by atoms with Gasteiger partial charge in [-0.3, -0.25) is 4.79 Å². The van der Waals surface area contributed by atoms with E-state index in [0.717, 1.165) is 5.56 Å². The molecular weight excluding hydrogens is 336 g/mol. The number of nitriles is 1. The Morgan fingerprint density at radius 3 is 2.68 bits per heavy atom. The molecule has 2 aromatic rings. The number of hydrogen-bond acceptors (Lipinski definition) is 3. The Morgan fingerprint density at radius 1 is 1.28 bits per heavy atom. The Labute approximate surface area is 152 Å². The zero-order valence-electron chi connectivity index (χ0n) is 13.8. The minimum Gasteiger partial charge on any atom is -0.493 e. The summed E-state index contributed by atoms with van der Waals surface area (Å²) in [6, 6.07) is 16.4. The molecule has 25 heavy (non-hydrogen) atoms. The number of rotatable bonds is 8. The third kappa shape index (κ3) is 5.98. The standard InChI is InChI=1S/C20H19ClN2O2/c1-2-11-23(15-17-8-6-16(14-22)7-9-17)20(24)10-12-25-19-5-3-4-18(21)13-19/h2-9,13H,1,10-12,15H2. The molecule has 0 spiro atoms. The largest absolute Gasteiger partial charge is 0.493 e. The lowest BCUT2D eigenvalue weighted by Gasteiger charge is -2.21. The second kappa shape index (κ2) is 9.51. The van der Waals surface area contributed by atoms with Gasteiger partial charge in [0.25, 0.3) is 0 Å². The summed E-state index contributed by atoms with van der Waals surface area (Å²) >= 11 is 5.90. The molecule has 0 bridgehead atoms. The highest BCUT2D eigenvalue weighted by molar-refractivity contribution is 6.30. The molecule has 0 N–H and O–H groups in total. The summed E-state index contributed by atoms with van der Waals surface area (Å²) in [6.07, 6.45) is 1.95. The van der Waals surface area contributed by atoms with Gasteiger partial charge in [0.15, 0.2) is 0 Å². The molecule has 0 aliphatic carbocycles. The molecule has 0 fully saturated rings. The van der Waals surface area contributed by atoms with Crippen LogP contribution in [0.25, 0.3) is 0 Å². The van der Waals surface area contributed by atoms with E-state index in [2.05, 4.69) is 12.6 Å². The maximum atomic E-state index is 12.4. The van der Waals surface area contributed by atoms with Gasteiger partial charge in [-0.2, -0.15) is 5.26 Å². The molecule has 4 nitrogen and oxygen atoms in total. The van der Waals surface area contributed by atoms with Crippen molar-refractivity contribution < 1.29 is 9.53 Å².